The summed E-state index contributed by atoms with van der Waals surface area (Å²) >= 11 is 8.03. The third-order valence-corrected chi connectivity index (χ3v) is 7.46. The van der Waals surface area contributed by atoms with Crippen molar-refractivity contribution in [1.82, 2.24) is 9.97 Å². The second kappa shape index (κ2) is 7.64. The largest absolute Gasteiger partial charge is 0.353 e. The number of fused-ring (bicyclic) bond motifs is 2. The zero-order chi connectivity index (χ0) is 19.1. The molecule has 28 heavy (non-hydrogen) atoms. The number of piperidine rings is 1. The summed E-state index contributed by atoms with van der Waals surface area (Å²) in [5.41, 5.74) is 5.60. The molecule has 1 fully saturated rings. The summed E-state index contributed by atoms with van der Waals surface area (Å²) in [4.78, 5) is 12.8. The third-order valence-electron chi connectivity index (χ3n) is 6.42. The van der Waals surface area contributed by atoms with Gasteiger partial charge in [0.25, 0.3) is 0 Å². The fourth-order valence-corrected chi connectivity index (χ4v) is 6.08. The minimum absolute atomic E-state index is 0.363. The van der Waals surface area contributed by atoms with Gasteiger partial charge in [-0.3, -0.25) is 0 Å². The van der Waals surface area contributed by atoms with E-state index in [-0.39, 0.29) is 0 Å². The van der Waals surface area contributed by atoms with Crippen molar-refractivity contribution in [2.75, 3.05) is 11.4 Å². The number of aryl methyl sites for hydroxylation is 2. The fourth-order valence-electron chi connectivity index (χ4n) is 4.92. The molecule has 5 rings (SSSR count). The number of halogens is 1. The highest BCUT2D eigenvalue weighted by Gasteiger charge is 2.26. The van der Waals surface area contributed by atoms with Crippen LogP contribution in [0.3, 0.4) is 0 Å². The molecular formula is C23H26ClN3S. The maximum Gasteiger partial charge on any atom is 0.225 e. The van der Waals surface area contributed by atoms with Crippen LogP contribution < -0.4 is 4.90 Å². The number of hydrogen-bond acceptors (Lipinski definition) is 4. The third kappa shape index (κ3) is 3.21. The van der Waals surface area contributed by atoms with E-state index in [4.69, 9.17) is 16.6 Å². The van der Waals surface area contributed by atoms with Crippen LogP contribution in [0.5, 0.6) is 0 Å². The Morgan fingerprint density at radius 1 is 1.11 bits per heavy atom. The molecule has 3 aromatic rings. The Kier molecular flexibility index (Phi) is 5.02. The number of benzene rings is 1. The first-order chi connectivity index (χ1) is 13.7. The van der Waals surface area contributed by atoms with Crippen LogP contribution >= 0.6 is 22.9 Å². The molecule has 0 saturated carbocycles. The van der Waals surface area contributed by atoms with Crippen molar-refractivity contribution >= 4 is 39.0 Å². The van der Waals surface area contributed by atoms with Crippen LogP contribution in [-0.2, 0) is 12.8 Å². The van der Waals surface area contributed by atoms with Gasteiger partial charge in [-0.15, -0.1) is 11.3 Å². The van der Waals surface area contributed by atoms with E-state index < -0.39 is 0 Å². The fraction of sp³-hybridized carbons (Fsp3) is 0.478. The summed E-state index contributed by atoms with van der Waals surface area (Å²) in [6.07, 6.45) is 9.93. The lowest BCUT2D eigenvalue weighted by Gasteiger charge is -2.36. The van der Waals surface area contributed by atoms with Gasteiger partial charge in [0, 0.05) is 23.5 Å². The first kappa shape index (κ1) is 18.4. The summed E-state index contributed by atoms with van der Waals surface area (Å²) in [6.45, 7) is 3.33. The first-order valence-electron chi connectivity index (χ1n) is 10.6. The minimum Gasteiger partial charge on any atom is -0.353 e. The van der Waals surface area contributed by atoms with Gasteiger partial charge in [-0.2, -0.15) is 4.98 Å². The zero-order valence-electron chi connectivity index (χ0n) is 16.4. The van der Waals surface area contributed by atoms with Gasteiger partial charge in [-0.1, -0.05) is 25.1 Å². The molecule has 0 spiro atoms. The van der Waals surface area contributed by atoms with E-state index in [0.717, 1.165) is 23.6 Å². The molecule has 1 aromatic carbocycles. The Bertz CT molecular complexity index is 1010. The van der Waals surface area contributed by atoms with E-state index in [0.29, 0.717) is 11.3 Å². The first-order valence-corrected chi connectivity index (χ1v) is 11.8. The Morgan fingerprint density at radius 3 is 2.82 bits per heavy atom. The number of aromatic nitrogens is 2. The standard InChI is InChI=1S/C23H26ClN3S/c1-2-18-9-5-6-12-27(18)21-20-19(14-28-22(20)26-23(24)25-21)17-11-10-15-7-3-4-8-16(15)13-17/h10-11,13-14,18H,2-9,12H2,1H3. The van der Waals surface area contributed by atoms with E-state index in [1.54, 1.807) is 11.3 Å². The SMILES string of the molecule is CCC1CCCCN1c1nc(Cl)nc2scc(-c3ccc4c(c3)CCCC4)c12. The van der Waals surface area contributed by atoms with Gasteiger partial charge >= 0.3 is 0 Å². The molecule has 0 N–H and O–H groups in total. The molecule has 5 heteroatoms. The molecule has 1 unspecified atom stereocenters. The molecule has 0 bridgehead atoms. The number of thiophene rings is 1. The van der Waals surface area contributed by atoms with E-state index >= 15 is 0 Å². The predicted octanol–water partition coefficient (Wildman–Crippen LogP) is 6.66. The molecule has 1 aliphatic carbocycles. The highest BCUT2D eigenvalue weighted by Crippen LogP contribution is 2.41. The van der Waals surface area contributed by atoms with Crippen molar-refractivity contribution in [2.45, 2.75) is 64.3 Å². The van der Waals surface area contributed by atoms with Crippen molar-refractivity contribution in [1.29, 1.82) is 0 Å². The van der Waals surface area contributed by atoms with Crippen LogP contribution in [0, 0.1) is 0 Å². The summed E-state index contributed by atoms with van der Waals surface area (Å²) in [7, 11) is 0. The number of hydrogen-bond donors (Lipinski definition) is 0. The highest BCUT2D eigenvalue weighted by molar-refractivity contribution is 7.17. The van der Waals surface area contributed by atoms with Crippen molar-refractivity contribution in [3.63, 3.8) is 0 Å². The Hall–Kier alpha value is -1.65. The van der Waals surface area contributed by atoms with Gasteiger partial charge in [-0.25, -0.2) is 4.98 Å². The average molecular weight is 412 g/mol. The van der Waals surface area contributed by atoms with Crippen LogP contribution in [0.2, 0.25) is 5.28 Å². The molecule has 146 valence electrons. The van der Waals surface area contributed by atoms with Crippen LogP contribution in [0.4, 0.5) is 5.82 Å². The van der Waals surface area contributed by atoms with Crippen LogP contribution in [-0.4, -0.2) is 22.6 Å². The summed E-state index contributed by atoms with van der Waals surface area (Å²) in [6, 6.07) is 7.57. The lowest BCUT2D eigenvalue weighted by molar-refractivity contribution is 0.448. The lowest BCUT2D eigenvalue weighted by atomic mass is 9.89. The molecule has 3 heterocycles. The normalized spacial score (nSPS) is 19.8. The molecule has 0 radical (unpaired) electrons. The van der Waals surface area contributed by atoms with Crippen molar-refractivity contribution in [3.8, 4) is 11.1 Å². The monoisotopic (exact) mass is 411 g/mol. The predicted molar refractivity (Wildman–Crippen MR) is 120 cm³/mol. The van der Waals surface area contributed by atoms with E-state index in [1.807, 2.05) is 0 Å². The van der Waals surface area contributed by atoms with Gasteiger partial charge in [-0.05, 0) is 79.7 Å². The van der Waals surface area contributed by atoms with Crippen LogP contribution in [0.25, 0.3) is 21.3 Å². The van der Waals surface area contributed by atoms with Gasteiger partial charge < -0.3 is 4.90 Å². The van der Waals surface area contributed by atoms with Gasteiger partial charge in [0.15, 0.2) is 0 Å². The number of nitrogens with zero attached hydrogens (tertiary/aromatic N) is 3. The topological polar surface area (TPSA) is 29.0 Å². The van der Waals surface area contributed by atoms with Gasteiger partial charge in [0.1, 0.15) is 10.6 Å². The highest BCUT2D eigenvalue weighted by atomic mass is 35.5. The molecule has 2 aromatic heterocycles. The van der Waals surface area contributed by atoms with Gasteiger partial charge in [0.05, 0.1) is 5.39 Å². The second-order valence-corrected chi connectivity index (χ2v) is 9.28. The minimum atomic E-state index is 0.363. The van der Waals surface area contributed by atoms with Crippen molar-refractivity contribution < 1.29 is 0 Å². The van der Waals surface area contributed by atoms with Crippen LogP contribution in [0.15, 0.2) is 23.6 Å². The Labute approximate surface area is 175 Å². The quantitative estimate of drug-likeness (QED) is 0.451. The molecular weight excluding hydrogens is 386 g/mol. The molecule has 1 saturated heterocycles. The average Bonchev–Trinajstić information content (AvgIpc) is 3.16. The smallest absolute Gasteiger partial charge is 0.225 e. The molecule has 1 atom stereocenters. The van der Waals surface area contributed by atoms with E-state index in [2.05, 4.69) is 40.4 Å². The molecule has 3 nitrogen and oxygen atoms in total. The zero-order valence-corrected chi connectivity index (χ0v) is 18.0. The Morgan fingerprint density at radius 2 is 1.96 bits per heavy atom. The van der Waals surface area contributed by atoms with Crippen molar-refractivity contribution in [3.05, 3.63) is 40.0 Å². The molecule has 0 amide bonds. The van der Waals surface area contributed by atoms with E-state index in [9.17, 15) is 0 Å². The van der Waals surface area contributed by atoms with Crippen molar-refractivity contribution in [2.24, 2.45) is 0 Å². The van der Waals surface area contributed by atoms with Gasteiger partial charge in [0.2, 0.25) is 5.28 Å². The Balaban J connectivity index is 1.67. The summed E-state index contributed by atoms with van der Waals surface area (Å²) < 4.78 is 0. The van der Waals surface area contributed by atoms with Crippen LogP contribution in [0.1, 0.15) is 56.6 Å². The maximum atomic E-state index is 6.34. The lowest BCUT2D eigenvalue weighted by Crippen LogP contribution is -2.39. The summed E-state index contributed by atoms with van der Waals surface area (Å²) in [5.74, 6) is 1.04. The second-order valence-electron chi connectivity index (χ2n) is 8.09. The maximum absolute atomic E-state index is 6.34. The molecule has 1 aliphatic heterocycles. The molecule has 2 aliphatic rings. The summed E-state index contributed by atoms with van der Waals surface area (Å²) in [5, 5.41) is 3.79. The van der Waals surface area contributed by atoms with E-state index in [1.165, 1.54) is 72.6 Å². The number of rotatable bonds is 3. The number of anilines is 1.